The van der Waals surface area contributed by atoms with Crippen LogP contribution in [0.5, 0.6) is 5.75 Å². The number of hydrazone groups is 1. The minimum absolute atomic E-state index is 0.107. The van der Waals surface area contributed by atoms with Gasteiger partial charge in [0, 0.05) is 18.2 Å². The van der Waals surface area contributed by atoms with E-state index < -0.39 is 0 Å². The number of aromatic nitrogens is 2. The Kier molecular flexibility index (Phi) is 5.66. The summed E-state index contributed by atoms with van der Waals surface area (Å²) in [4.78, 5) is 0.515. The average molecular weight is 379 g/mol. The van der Waals surface area contributed by atoms with Gasteiger partial charge in [0.05, 0.1) is 5.71 Å². The molecule has 0 bridgehead atoms. The van der Waals surface area contributed by atoms with Crippen molar-refractivity contribution in [1.29, 1.82) is 0 Å². The van der Waals surface area contributed by atoms with Gasteiger partial charge in [0.25, 0.3) is 0 Å². The van der Waals surface area contributed by atoms with E-state index in [0.29, 0.717) is 22.1 Å². The van der Waals surface area contributed by atoms with Gasteiger partial charge in [0.1, 0.15) is 10.7 Å². The van der Waals surface area contributed by atoms with Crippen LogP contribution in [-0.4, -0.2) is 25.6 Å². The molecule has 0 saturated heterocycles. The molecule has 3 rings (SSSR count). The van der Waals surface area contributed by atoms with Gasteiger partial charge in [-0.15, -0.1) is 0 Å². The van der Waals surface area contributed by atoms with Crippen LogP contribution in [0.1, 0.15) is 30.7 Å². The second kappa shape index (κ2) is 8.14. The molecule has 2 N–H and O–H groups in total. The number of nitrogens with one attached hydrogen (secondary N) is 1. The highest BCUT2D eigenvalue weighted by molar-refractivity contribution is 7.80. The van der Waals surface area contributed by atoms with Crippen LogP contribution in [0.2, 0.25) is 0 Å². The van der Waals surface area contributed by atoms with Crippen molar-refractivity contribution in [3.63, 3.8) is 0 Å². The molecule has 0 radical (unpaired) electrons. The Balaban J connectivity index is 1.85. The number of nitrogens with zero attached hydrogens (tertiary/aromatic N) is 3. The Morgan fingerprint density at radius 2 is 1.81 bits per heavy atom. The molecular formula is C21H22N4OS. The summed E-state index contributed by atoms with van der Waals surface area (Å²) in [6.45, 7) is 3.90. The molecule has 2 aromatic carbocycles. The summed E-state index contributed by atoms with van der Waals surface area (Å²) in [5, 5.41) is 19.4. The van der Waals surface area contributed by atoms with Gasteiger partial charge in [-0.1, -0.05) is 73.7 Å². The summed E-state index contributed by atoms with van der Waals surface area (Å²) in [6.07, 6.45) is 0.974. The largest absolute Gasteiger partial charge is 0.504 e. The van der Waals surface area contributed by atoms with E-state index in [0.717, 1.165) is 17.5 Å². The fourth-order valence-electron chi connectivity index (χ4n) is 2.82. The quantitative estimate of drug-likeness (QED) is 0.399. The van der Waals surface area contributed by atoms with Crippen molar-refractivity contribution in [2.45, 2.75) is 20.3 Å². The van der Waals surface area contributed by atoms with E-state index >= 15 is 0 Å². The third-order valence-corrected chi connectivity index (χ3v) is 4.69. The van der Waals surface area contributed by atoms with Crippen LogP contribution in [0, 0.1) is 0 Å². The third kappa shape index (κ3) is 4.06. The number of hydrogen-bond acceptors (Lipinski definition) is 4. The minimum Gasteiger partial charge on any atom is -0.504 e. The van der Waals surface area contributed by atoms with Crippen molar-refractivity contribution in [2.24, 2.45) is 12.1 Å². The summed E-state index contributed by atoms with van der Waals surface area (Å²) < 4.78 is 1.67. The lowest BCUT2D eigenvalue weighted by molar-refractivity contribution is 0.475. The molecule has 0 aliphatic rings. The van der Waals surface area contributed by atoms with Crippen LogP contribution in [0.3, 0.4) is 0 Å². The van der Waals surface area contributed by atoms with Gasteiger partial charge < -0.3 is 5.11 Å². The predicted octanol–water partition coefficient (Wildman–Crippen LogP) is 4.04. The van der Waals surface area contributed by atoms with Crippen LogP contribution in [0.25, 0.3) is 11.3 Å². The summed E-state index contributed by atoms with van der Waals surface area (Å²) in [6, 6.07) is 17.7. The van der Waals surface area contributed by atoms with Crippen LogP contribution < -0.4 is 5.43 Å². The van der Waals surface area contributed by atoms with E-state index in [9.17, 15) is 5.11 Å². The SMILES string of the molecule is CCc1ccc(-c2c(O)c(C(C)=NNC(=S)c3ccccc3)nn2C)cc1. The highest BCUT2D eigenvalue weighted by atomic mass is 32.1. The maximum atomic E-state index is 10.7. The monoisotopic (exact) mass is 378 g/mol. The van der Waals surface area contributed by atoms with Gasteiger partial charge in [-0.25, -0.2) is 0 Å². The topological polar surface area (TPSA) is 62.4 Å². The first kappa shape index (κ1) is 18.8. The standard InChI is InChI=1S/C21H22N4OS/c1-4-15-10-12-16(13-11-15)19-20(26)18(24-25(19)3)14(2)22-23-21(27)17-8-6-5-7-9-17/h5-13,26H,4H2,1-3H3,(H,23,27). The zero-order valence-electron chi connectivity index (χ0n) is 15.6. The van der Waals surface area contributed by atoms with Gasteiger partial charge in [0.15, 0.2) is 11.4 Å². The van der Waals surface area contributed by atoms with Crippen molar-refractivity contribution in [1.82, 2.24) is 15.2 Å². The summed E-state index contributed by atoms with van der Waals surface area (Å²) in [5.41, 5.74) is 7.54. The lowest BCUT2D eigenvalue weighted by Crippen LogP contribution is -2.18. The molecule has 0 amide bonds. The molecule has 0 saturated carbocycles. The van der Waals surface area contributed by atoms with Crippen LogP contribution >= 0.6 is 12.2 Å². The Morgan fingerprint density at radius 1 is 1.15 bits per heavy atom. The second-order valence-corrected chi connectivity index (χ2v) is 6.63. The Bertz CT molecular complexity index is 975. The third-order valence-electron chi connectivity index (χ3n) is 4.36. The molecule has 0 atom stereocenters. The maximum Gasteiger partial charge on any atom is 0.171 e. The zero-order chi connectivity index (χ0) is 19.4. The number of hydrogen-bond donors (Lipinski definition) is 2. The van der Waals surface area contributed by atoms with E-state index in [1.54, 1.807) is 11.6 Å². The predicted molar refractivity (Wildman–Crippen MR) is 113 cm³/mol. The summed E-state index contributed by atoms with van der Waals surface area (Å²) in [5.74, 6) is 0.107. The van der Waals surface area contributed by atoms with E-state index in [-0.39, 0.29) is 5.75 Å². The van der Waals surface area contributed by atoms with Crippen molar-refractivity contribution in [3.05, 3.63) is 71.4 Å². The molecule has 138 valence electrons. The molecule has 0 spiro atoms. The van der Waals surface area contributed by atoms with E-state index in [2.05, 4.69) is 34.7 Å². The molecule has 5 nitrogen and oxygen atoms in total. The Hall–Kier alpha value is -2.99. The minimum atomic E-state index is 0.107. The van der Waals surface area contributed by atoms with Crippen LogP contribution in [-0.2, 0) is 13.5 Å². The number of benzene rings is 2. The number of aromatic hydroxyl groups is 1. The van der Waals surface area contributed by atoms with Crippen molar-refractivity contribution in [2.75, 3.05) is 0 Å². The molecule has 27 heavy (non-hydrogen) atoms. The lowest BCUT2D eigenvalue weighted by atomic mass is 10.1. The van der Waals surface area contributed by atoms with Gasteiger partial charge in [-0.3, -0.25) is 10.1 Å². The van der Waals surface area contributed by atoms with E-state index in [1.165, 1.54) is 5.56 Å². The molecule has 1 heterocycles. The van der Waals surface area contributed by atoms with Gasteiger partial charge in [0.2, 0.25) is 0 Å². The molecular weight excluding hydrogens is 356 g/mol. The van der Waals surface area contributed by atoms with Gasteiger partial charge in [-0.05, 0) is 18.9 Å². The molecule has 0 unspecified atom stereocenters. The first-order chi connectivity index (χ1) is 13.0. The number of thiocarbonyl (C=S) groups is 1. The molecule has 6 heteroatoms. The molecule has 3 aromatic rings. The molecule has 0 fully saturated rings. The normalized spacial score (nSPS) is 11.4. The number of aryl methyl sites for hydroxylation is 2. The average Bonchev–Trinajstić information content (AvgIpc) is 3.00. The summed E-state index contributed by atoms with van der Waals surface area (Å²) >= 11 is 5.35. The van der Waals surface area contributed by atoms with Gasteiger partial charge >= 0.3 is 0 Å². The first-order valence-electron chi connectivity index (χ1n) is 8.76. The molecule has 1 aromatic heterocycles. The molecule has 0 aliphatic heterocycles. The molecule has 0 aliphatic carbocycles. The van der Waals surface area contributed by atoms with Crippen molar-refractivity contribution >= 4 is 22.9 Å². The zero-order valence-corrected chi connectivity index (χ0v) is 16.4. The number of rotatable bonds is 5. The second-order valence-electron chi connectivity index (χ2n) is 6.22. The highest BCUT2D eigenvalue weighted by Gasteiger charge is 2.19. The fraction of sp³-hybridized carbons (Fsp3) is 0.190. The van der Waals surface area contributed by atoms with Crippen LogP contribution in [0.4, 0.5) is 0 Å². The Labute approximate surface area is 164 Å². The van der Waals surface area contributed by atoms with Crippen molar-refractivity contribution in [3.8, 4) is 17.0 Å². The van der Waals surface area contributed by atoms with E-state index in [1.807, 2.05) is 49.5 Å². The lowest BCUT2D eigenvalue weighted by Gasteiger charge is -2.05. The van der Waals surface area contributed by atoms with Crippen molar-refractivity contribution < 1.29 is 5.11 Å². The highest BCUT2D eigenvalue weighted by Crippen LogP contribution is 2.32. The first-order valence-corrected chi connectivity index (χ1v) is 9.17. The maximum absolute atomic E-state index is 10.7. The summed E-state index contributed by atoms with van der Waals surface area (Å²) in [7, 11) is 1.81. The van der Waals surface area contributed by atoms with E-state index in [4.69, 9.17) is 12.2 Å². The van der Waals surface area contributed by atoms with Crippen LogP contribution in [0.15, 0.2) is 59.7 Å². The fourth-order valence-corrected chi connectivity index (χ4v) is 3.00. The smallest absolute Gasteiger partial charge is 0.171 e. The van der Waals surface area contributed by atoms with Gasteiger partial charge in [-0.2, -0.15) is 10.2 Å². The Morgan fingerprint density at radius 3 is 2.44 bits per heavy atom.